The molecule has 1 saturated heterocycles. The summed E-state index contributed by atoms with van der Waals surface area (Å²) in [7, 11) is 0. The monoisotopic (exact) mass is 546 g/mol. The fourth-order valence-electron chi connectivity index (χ4n) is 5.54. The predicted octanol–water partition coefficient (Wildman–Crippen LogP) is 7.04. The number of carbonyl (C=O) groups excluding carboxylic acids is 2. The average molecular weight is 547 g/mol. The van der Waals surface area contributed by atoms with Gasteiger partial charge in [0.25, 0.3) is 0 Å². The Labute approximate surface area is 240 Å². The Kier molecular flexibility index (Phi) is 7.33. The van der Waals surface area contributed by atoms with Gasteiger partial charge in [-0.2, -0.15) is 0 Å². The minimum absolute atomic E-state index is 0.109. The van der Waals surface area contributed by atoms with Crippen LogP contribution in [-0.4, -0.2) is 43.0 Å². The van der Waals surface area contributed by atoms with Gasteiger partial charge in [-0.15, -0.1) is 0 Å². The maximum absolute atomic E-state index is 13.9. The van der Waals surface area contributed by atoms with E-state index in [1.165, 1.54) is 5.56 Å². The second-order valence-electron chi connectivity index (χ2n) is 10.8. The maximum Gasteiger partial charge on any atom is 0.323 e. The lowest BCUT2D eigenvalue weighted by Crippen LogP contribution is -2.50. The van der Waals surface area contributed by atoms with Gasteiger partial charge in [-0.25, -0.2) is 4.79 Å². The molecule has 1 fully saturated rings. The van der Waals surface area contributed by atoms with Crippen molar-refractivity contribution in [2.75, 3.05) is 41.7 Å². The minimum atomic E-state index is -0.368. The fourth-order valence-corrected chi connectivity index (χ4v) is 5.54. The van der Waals surface area contributed by atoms with Crippen LogP contribution in [0.1, 0.15) is 42.4 Å². The zero-order valence-electron chi connectivity index (χ0n) is 23.3. The van der Waals surface area contributed by atoms with Crippen LogP contribution in [0.5, 0.6) is 11.5 Å². The molecule has 0 aromatic heterocycles. The number of urea groups is 1. The van der Waals surface area contributed by atoms with Crippen LogP contribution in [0.15, 0.2) is 97.1 Å². The Balaban J connectivity index is 1.06. The summed E-state index contributed by atoms with van der Waals surface area (Å²) >= 11 is 0. The van der Waals surface area contributed by atoms with Gasteiger partial charge in [-0.1, -0.05) is 62.4 Å². The second kappa shape index (κ2) is 11.4. The van der Waals surface area contributed by atoms with Crippen molar-refractivity contribution in [3.8, 4) is 11.5 Å². The highest BCUT2D eigenvalue weighted by Crippen LogP contribution is 2.44. The summed E-state index contributed by atoms with van der Waals surface area (Å²) in [4.78, 5) is 30.6. The number of nitrogens with zero attached hydrogens (tertiary/aromatic N) is 2. The third-order valence-electron chi connectivity index (χ3n) is 7.84. The van der Waals surface area contributed by atoms with E-state index < -0.39 is 0 Å². The summed E-state index contributed by atoms with van der Waals surface area (Å²) in [6.45, 7) is 7.03. The summed E-state index contributed by atoms with van der Waals surface area (Å²) in [5.74, 6) is 1.68. The van der Waals surface area contributed by atoms with Crippen LogP contribution in [0.25, 0.3) is 0 Å². The number of ether oxygens (including phenoxy) is 1. The van der Waals surface area contributed by atoms with Crippen molar-refractivity contribution in [1.29, 1.82) is 0 Å². The van der Waals surface area contributed by atoms with E-state index in [1.54, 1.807) is 0 Å². The molecule has 41 heavy (non-hydrogen) atoms. The molecule has 0 aliphatic carbocycles. The van der Waals surface area contributed by atoms with Crippen LogP contribution in [0.2, 0.25) is 0 Å². The quantitative estimate of drug-likeness (QED) is 0.282. The maximum atomic E-state index is 13.9. The van der Waals surface area contributed by atoms with Crippen molar-refractivity contribution in [3.05, 3.63) is 114 Å². The van der Waals surface area contributed by atoms with Gasteiger partial charge in [0.05, 0.1) is 5.92 Å². The highest BCUT2D eigenvalue weighted by atomic mass is 16.5. The Morgan fingerprint density at radius 2 is 1.22 bits per heavy atom. The molecule has 2 aliphatic heterocycles. The number of para-hydroxylation sites is 2. The van der Waals surface area contributed by atoms with Crippen molar-refractivity contribution in [2.45, 2.75) is 25.7 Å². The molecule has 2 N–H and O–H groups in total. The Bertz CT molecular complexity index is 1500. The first-order valence-corrected chi connectivity index (χ1v) is 14.1. The number of piperazine rings is 1. The van der Waals surface area contributed by atoms with Gasteiger partial charge in [0.1, 0.15) is 11.5 Å². The van der Waals surface area contributed by atoms with Gasteiger partial charge < -0.3 is 25.2 Å². The van der Waals surface area contributed by atoms with Crippen LogP contribution in [0, 0.1) is 0 Å². The molecule has 0 unspecified atom stereocenters. The normalized spacial score (nSPS) is 14.6. The van der Waals surface area contributed by atoms with Gasteiger partial charge >= 0.3 is 6.03 Å². The Morgan fingerprint density at radius 3 is 1.76 bits per heavy atom. The van der Waals surface area contributed by atoms with Gasteiger partial charge in [0.15, 0.2) is 0 Å². The van der Waals surface area contributed by atoms with Gasteiger partial charge in [-0.05, 0) is 60.0 Å². The number of hydrogen-bond acceptors (Lipinski definition) is 4. The van der Waals surface area contributed by atoms with E-state index >= 15 is 0 Å². The summed E-state index contributed by atoms with van der Waals surface area (Å²) in [6, 6.07) is 31.1. The number of benzene rings is 4. The molecule has 0 bridgehead atoms. The molecule has 0 spiro atoms. The van der Waals surface area contributed by atoms with Crippen molar-refractivity contribution in [3.63, 3.8) is 0 Å². The molecule has 2 aliphatic rings. The largest absolute Gasteiger partial charge is 0.457 e. The number of amides is 3. The molecule has 7 heteroatoms. The highest BCUT2D eigenvalue weighted by molar-refractivity contribution is 5.99. The summed E-state index contributed by atoms with van der Waals surface area (Å²) in [5, 5.41) is 5.78. The molecule has 0 radical (unpaired) electrons. The van der Waals surface area contributed by atoms with E-state index in [9.17, 15) is 9.59 Å². The zero-order valence-corrected chi connectivity index (χ0v) is 23.3. The number of carbonyl (C=O) groups is 2. The van der Waals surface area contributed by atoms with E-state index in [-0.39, 0.29) is 17.9 Å². The number of nitrogens with one attached hydrogen (secondary N) is 2. The molecule has 208 valence electrons. The summed E-state index contributed by atoms with van der Waals surface area (Å²) in [6.07, 6.45) is 0. The number of anilines is 3. The first kappa shape index (κ1) is 26.4. The third-order valence-corrected chi connectivity index (χ3v) is 7.84. The smallest absolute Gasteiger partial charge is 0.323 e. The van der Waals surface area contributed by atoms with Crippen LogP contribution in [-0.2, 0) is 4.79 Å². The molecule has 3 amide bonds. The first-order chi connectivity index (χ1) is 20.0. The second-order valence-corrected chi connectivity index (χ2v) is 10.8. The van der Waals surface area contributed by atoms with E-state index in [0.717, 1.165) is 52.8 Å². The van der Waals surface area contributed by atoms with Crippen LogP contribution >= 0.6 is 0 Å². The average Bonchev–Trinajstić information content (AvgIpc) is 3.00. The number of fused-ring (bicyclic) bond motifs is 2. The lowest BCUT2D eigenvalue weighted by atomic mass is 9.86. The van der Waals surface area contributed by atoms with Crippen molar-refractivity contribution in [2.24, 2.45) is 0 Å². The minimum Gasteiger partial charge on any atom is -0.457 e. The standard InChI is InChI=1S/C34H34N4O3/c1-23(2)24-11-13-25(14-12-24)35-34(40)36-26-15-17-27(18-16-26)37-19-21-38(22-20-37)33(39)32-28-7-3-5-9-30(28)41-31-10-6-4-8-29(31)32/h3-18,23,32H,19-22H2,1-2H3,(H2,35,36,40). The Hall–Kier alpha value is -4.78. The van der Waals surface area contributed by atoms with Gasteiger partial charge in [-0.3, -0.25) is 4.79 Å². The molecular weight excluding hydrogens is 512 g/mol. The summed E-state index contributed by atoms with van der Waals surface area (Å²) in [5.41, 5.74) is 5.60. The Morgan fingerprint density at radius 1 is 0.707 bits per heavy atom. The molecule has 6 rings (SSSR count). The number of rotatable bonds is 5. The lowest BCUT2D eigenvalue weighted by molar-refractivity contribution is -0.132. The topological polar surface area (TPSA) is 73.9 Å². The molecule has 4 aromatic rings. The van der Waals surface area contributed by atoms with E-state index in [0.29, 0.717) is 19.0 Å². The van der Waals surface area contributed by atoms with E-state index in [2.05, 4.69) is 29.4 Å². The SMILES string of the molecule is CC(C)c1ccc(NC(=O)Nc2ccc(N3CCN(C(=O)C4c5ccccc5Oc5ccccc54)CC3)cc2)cc1. The van der Waals surface area contributed by atoms with Crippen molar-refractivity contribution < 1.29 is 14.3 Å². The fraction of sp³-hybridized carbons (Fsp3) is 0.235. The van der Waals surface area contributed by atoms with Gasteiger partial charge in [0.2, 0.25) is 5.91 Å². The zero-order chi connectivity index (χ0) is 28.3. The first-order valence-electron chi connectivity index (χ1n) is 14.1. The van der Waals surface area contributed by atoms with Crippen LogP contribution < -0.4 is 20.3 Å². The van der Waals surface area contributed by atoms with Crippen LogP contribution in [0.3, 0.4) is 0 Å². The molecule has 0 atom stereocenters. The van der Waals surface area contributed by atoms with E-state index in [4.69, 9.17) is 4.74 Å². The molecule has 4 aromatic carbocycles. The van der Waals surface area contributed by atoms with E-state index in [1.807, 2.05) is 102 Å². The summed E-state index contributed by atoms with van der Waals surface area (Å²) < 4.78 is 6.09. The lowest BCUT2D eigenvalue weighted by Gasteiger charge is -2.38. The third kappa shape index (κ3) is 5.61. The predicted molar refractivity (Wildman–Crippen MR) is 163 cm³/mol. The van der Waals surface area contributed by atoms with Crippen molar-refractivity contribution >= 4 is 29.0 Å². The molecular formula is C34H34N4O3. The highest BCUT2D eigenvalue weighted by Gasteiger charge is 2.36. The van der Waals surface area contributed by atoms with Crippen LogP contribution in [0.4, 0.5) is 21.9 Å². The molecule has 0 saturated carbocycles. The molecule has 7 nitrogen and oxygen atoms in total. The number of hydrogen-bond donors (Lipinski definition) is 2. The van der Waals surface area contributed by atoms with Crippen molar-refractivity contribution in [1.82, 2.24) is 4.90 Å². The van der Waals surface area contributed by atoms with Gasteiger partial charge in [0, 0.05) is 54.4 Å². The molecule has 2 heterocycles.